The van der Waals surface area contributed by atoms with Gasteiger partial charge in [0.05, 0.1) is 11.4 Å². The van der Waals surface area contributed by atoms with E-state index in [9.17, 15) is 8.42 Å². The maximum absolute atomic E-state index is 11.1. The van der Waals surface area contributed by atoms with E-state index < -0.39 is 10.0 Å². The Morgan fingerprint density at radius 2 is 1.95 bits per heavy atom. The monoisotopic (exact) mass is 320 g/mol. The van der Waals surface area contributed by atoms with Crippen LogP contribution in [0.1, 0.15) is 24.1 Å². The van der Waals surface area contributed by atoms with Crippen molar-refractivity contribution >= 4 is 33.8 Å². The molecule has 0 radical (unpaired) electrons. The zero-order chi connectivity index (χ0) is 13.0. The quantitative estimate of drug-likeness (QED) is 0.843. The summed E-state index contributed by atoms with van der Waals surface area (Å²) in [5.74, 6) is 6.08. The molecular formula is C12H17ClN2O2S2. The normalized spacial score (nSPS) is 16.3. The number of nitrogens with zero attached hydrogens (tertiary/aromatic N) is 1. The van der Waals surface area contributed by atoms with Crippen LogP contribution in [0.4, 0.5) is 0 Å². The van der Waals surface area contributed by atoms with Gasteiger partial charge >= 0.3 is 0 Å². The van der Waals surface area contributed by atoms with Crippen molar-refractivity contribution in [1.29, 1.82) is 0 Å². The molecule has 1 aromatic rings. The molecule has 1 aliphatic heterocycles. The first kappa shape index (κ1) is 16.5. The van der Waals surface area contributed by atoms with Crippen molar-refractivity contribution in [3.05, 3.63) is 17.0 Å². The Morgan fingerprint density at radius 1 is 1.26 bits per heavy atom. The van der Waals surface area contributed by atoms with Crippen LogP contribution in [0, 0.1) is 11.8 Å². The molecule has 4 nitrogen and oxygen atoms in total. The Bertz CT molecular complexity index is 566. The number of halogens is 1. The molecule has 19 heavy (non-hydrogen) atoms. The Morgan fingerprint density at radius 3 is 2.53 bits per heavy atom. The third-order valence-corrected chi connectivity index (χ3v) is 5.26. The standard InChI is InChI=1S/C12H16N2O2S2.ClH/c13-18(15,16)12-7-6-11(17-12)5-4-10-14-8-2-1-3-9-14;/h6-7H,1-3,8-10H2,(H2,13,15,16);1H. The van der Waals surface area contributed by atoms with Gasteiger partial charge in [-0.3, -0.25) is 4.90 Å². The first-order valence-electron chi connectivity index (χ1n) is 5.89. The first-order valence-corrected chi connectivity index (χ1v) is 8.26. The number of hydrogen-bond acceptors (Lipinski definition) is 4. The molecule has 1 saturated heterocycles. The number of piperidine rings is 1. The molecule has 1 fully saturated rings. The van der Waals surface area contributed by atoms with Crippen molar-refractivity contribution in [1.82, 2.24) is 4.90 Å². The van der Waals surface area contributed by atoms with Crippen LogP contribution in [0.3, 0.4) is 0 Å². The van der Waals surface area contributed by atoms with Crippen molar-refractivity contribution in [2.75, 3.05) is 19.6 Å². The highest BCUT2D eigenvalue weighted by Gasteiger charge is 2.10. The number of primary sulfonamides is 1. The molecule has 0 aromatic carbocycles. The third kappa shape index (κ3) is 5.13. The molecular weight excluding hydrogens is 304 g/mol. The fourth-order valence-corrected chi connectivity index (χ4v) is 3.50. The van der Waals surface area contributed by atoms with E-state index in [0.717, 1.165) is 35.8 Å². The number of nitrogens with two attached hydrogens (primary N) is 1. The molecule has 0 bridgehead atoms. The van der Waals surface area contributed by atoms with Gasteiger partial charge in [0.1, 0.15) is 4.21 Å². The Balaban J connectivity index is 0.00000180. The SMILES string of the molecule is Cl.NS(=O)(=O)c1ccc(C#CCN2CCCCC2)s1. The number of sulfonamides is 1. The van der Waals surface area contributed by atoms with Crippen molar-refractivity contribution < 1.29 is 8.42 Å². The van der Waals surface area contributed by atoms with E-state index in [1.165, 1.54) is 25.3 Å². The Kier molecular flexibility index (Phi) is 6.30. The van der Waals surface area contributed by atoms with Crippen molar-refractivity contribution in [3.8, 4) is 11.8 Å². The highest BCUT2D eigenvalue weighted by molar-refractivity contribution is 7.91. The summed E-state index contributed by atoms with van der Waals surface area (Å²) in [6.07, 6.45) is 3.80. The van der Waals surface area contributed by atoms with Gasteiger partial charge < -0.3 is 0 Å². The van der Waals surface area contributed by atoms with Crippen molar-refractivity contribution in [2.45, 2.75) is 23.5 Å². The molecule has 0 aliphatic carbocycles. The highest BCUT2D eigenvalue weighted by atomic mass is 35.5. The third-order valence-electron chi connectivity index (χ3n) is 2.82. The molecule has 2 rings (SSSR count). The van der Waals surface area contributed by atoms with Crippen LogP contribution in [0.2, 0.25) is 0 Å². The van der Waals surface area contributed by atoms with Gasteiger partial charge in [0.2, 0.25) is 10.0 Å². The van der Waals surface area contributed by atoms with Gasteiger partial charge in [-0.1, -0.05) is 18.3 Å². The summed E-state index contributed by atoms with van der Waals surface area (Å²) in [5.41, 5.74) is 0. The van der Waals surface area contributed by atoms with E-state index in [2.05, 4.69) is 16.7 Å². The maximum atomic E-state index is 11.1. The lowest BCUT2D eigenvalue weighted by Gasteiger charge is -2.23. The highest BCUT2D eigenvalue weighted by Crippen LogP contribution is 2.19. The van der Waals surface area contributed by atoms with Crippen LogP contribution in [-0.4, -0.2) is 33.0 Å². The molecule has 2 N–H and O–H groups in total. The Labute approximate surface area is 124 Å². The average molecular weight is 321 g/mol. The molecule has 0 atom stereocenters. The number of thiophene rings is 1. The summed E-state index contributed by atoms with van der Waals surface area (Å²) in [6, 6.07) is 3.21. The predicted molar refractivity (Wildman–Crippen MR) is 80.1 cm³/mol. The zero-order valence-electron chi connectivity index (χ0n) is 10.5. The number of hydrogen-bond donors (Lipinski definition) is 1. The van der Waals surface area contributed by atoms with Crippen LogP contribution in [0.25, 0.3) is 0 Å². The van der Waals surface area contributed by atoms with Crippen molar-refractivity contribution in [3.63, 3.8) is 0 Å². The van der Waals surface area contributed by atoms with Crippen LogP contribution in [0.5, 0.6) is 0 Å². The Hall–Kier alpha value is -0.580. The van der Waals surface area contributed by atoms with E-state index in [4.69, 9.17) is 5.14 Å². The minimum Gasteiger partial charge on any atom is -0.292 e. The van der Waals surface area contributed by atoms with E-state index in [1.54, 1.807) is 6.07 Å². The number of rotatable bonds is 2. The smallest absolute Gasteiger partial charge is 0.247 e. The van der Waals surface area contributed by atoms with Gasteiger partial charge in [0, 0.05) is 0 Å². The van der Waals surface area contributed by atoms with E-state index >= 15 is 0 Å². The number of likely N-dealkylation sites (tertiary alicyclic amines) is 1. The van der Waals surface area contributed by atoms with Gasteiger partial charge in [-0.2, -0.15) is 0 Å². The average Bonchev–Trinajstić information content (AvgIpc) is 2.79. The van der Waals surface area contributed by atoms with E-state index in [0.29, 0.717) is 0 Å². The molecule has 1 aliphatic rings. The molecule has 2 heterocycles. The van der Waals surface area contributed by atoms with E-state index in [-0.39, 0.29) is 16.6 Å². The molecule has 0 unspecified atom stereocenters. The minimum atomic E-state index is -3.59. The summed E-state index contributed by atoms with van der Waals surface area (Å²) >= 11 is 1.12. The largest absolute Gasteiger partial charge is 0.292 e. The van der Waals surface area contributed by atoms with Gasteiger partial charge in [-0.25, -0.2) is 13.6 Å². The maximum Gasteiger partial charge on any atom is 0.247 e. The molecule has 0 spiro atoms. The summed E-state index contributed by atoms with van der Waals surface area (Å²) in [7, 11) is -3.59. The molecule has 7 heteroatoms. The van der Waals surface area contributed by atoms with Crippen LogP contribution < -0.4 is 5.14 Å². The summed E-state index contributed by atoms with van der Waals surface area (Å²) in [6.45, 7) is 2.98. The second kappa shape index (κ2) is 7.27. The topological polar surface area (TPSA) is 63.4 Å². The second-order valence-corrected chi connectivity index (χ2v) is 7.17. The molecule has 106 valence electrons. The van der Waals surface area contributed by atoms with Gasteiger partial charge in [-0.05, 0) is 38.1 Å². The van der Waals surface area contributed by atoms with E-state index in [1.807, 2.05) is 0 Å². The summed E-state index contributed by atoms with van der Waals surface area (Å²) < 4.78 is 22.4. The lowest BCUT2D eigenvalue weighted by molar-refractivity contribution is 0.255. The molecule has 0 amide bonds. The van der Waals surface area contributed by atoms with Crippen LogP contribution in [-0.2, 0) is 10.0 Å². The van der Waals surface area contributed by atoms with Gasteiger partial charge in [0.25, 0.3) is 0 Å². The summed E-state index contributed by atoms with van der Waals surface area (Å²) in [4.78, 5) is 3.07. The molecule has 0 saturated carbocycles. The van der Waals surface area contributed by atoms with Crippen molar-refractivity contribution in [2.24, 2.45) is 5.14 Å². The zero-order valence-corrected chi connectivity index (χ0v) is 12.9. The summed E-state index contributed by atoms with van der Waals surface area (Å²) in [5, 5.41) is 5.04. The van der Waals surface area contributed by atoms with Crippen LogP contribution in [0.15, 0.2) is 16.3 Å². The lowest BCUT2D eigenvalue weighted by Crippen LogP contribution is -2.29. The molecule has 1 aromatic heterocycles. The van der Waals surface area contributed by atoms with Crippen LogP contribution >= 0.6 is 23.7 Å². The predicted octanol–water partition coefficient (Wildman–Crippen LogP) is 1.65. The fourth-order valence-electron chi connectivity index (χ4n) is 1.90. The minimum absolute atomic E-state index is 0. The second-order valence-electron chi connectivity index (χ2n) is 4.30. The lowest BCUT2D eigenvalue weighted by atomic mass is 10.1. The van der Waals surface area contributed by atoms with Gasteiger partial charge in [-0.15, -0.1) is 23.7 Å². The fraction of sp³-hybridized carbons (Fsp3) is 0.500. The van der Waals surface area contributed by atoms with Gasteiger partial charge in [0.15, 0.2) is 0 Å². The first-order chi connectivity index (χ1) is 8.55.